The fraction of sp³-hybridized carbons (Fsp3) is 0.500. The van der Waals surface area contributed by atoms with Crippen molar-refractivity contribution in [2.75, 3.05) is 45.9 Å². The molecule has 0 saturated carbocycles. The Morgan fingerprint density at radius 2 is 1.43 bits per heavy atom. The summed E-state index contributed by atoms with van der Waals surface area (Å²) in [5.74, 6) is 0.541. The summed E-state index contributed by atoms with van der Waals surface area (Å²) in [7, 11) is -3.44. The zero-order valence-corrected chi connectivity index (χ0v) is 18.0. The first-order valence-electron chi connectivity index (χ1n) is 10.7. The highest BCUT2D eigenvalue weighted by molar-refractivity contribution is 7.86. The SMILES string of the molecule is O=C(COc1ccc2ccccc2c1)N1CCN(S(=O)(=O)N2CCCCCC2)CC1. The number of rotatable bonds is 5. The number of fused-ring (bicyclic) bond motifs is 1. The largest absolute Gasteiger partial charge is 0.484 e. The second-order valence-electron chi connectivity index (χ2n) is 7.90. The summed E-state index contributed by atoms with van der Waals surface area (Å²) in [5.41, 5.74) is 0. The molecule has 0 bridgehead atoms. The summed E-state index contributed by atoms with van der Waals surface area (Å²) in [5, 5.41) is 2.19. The Morgan fingerprint density at radius 1 is 0.800 bits per heavy atom. The summed E-state index contributed by atoms with van der Waals surface area (Å²) in [6.45, 7) is 2.61. The Hall–Kier alpha value is -2.16. The van der Waals surface area contributed by atoms with E-state index in [4.69, 9.17) is 4.74 Å². The van der Waals surface area contributed by atoms with Crippen molar-refractivity contribution in [3.8, 4) is 5.75 Å². The highest BCUT2D eigenvalue weighted by Gasteiger charge is 2.33. The van der Waals surface area contributed by atoms with Gasteiger partial charge in [-0.2, -0.15) is 17.0 Å². The minimum atomic E-state index is -3.44. The first-order valence-corrected chi connectivity index (χ1v) is 12.1. The third-order valence-corrected chi connectivity index (χ3v) is 7.93. The topological polar surface area (TPSA) is 70.2 Å². The molecule has 0 radical (unpaired) electrons. The van der Waals surface area contributed by atoms with Crippen molar-refractivity contribution < 1.29 is 17.9 Å². The second-order valence-corrected chi connectivity index (χ2v) is 9.83. The Bertz CT molecular complexity index is 979. The zero-order valence-electron chi connectivity index (χ0n) is 17.2. The molecule has 7 nitrogen and oxygen atoms in total. The molecule has 2 saturated heterocycles. The van der Waals surface area contributed by atoms with Crippen molar-refractivity contribution in [3.63, 3.8) is 0 Å². The van der Waals surface area contributed by atoms with E-state index in [2.05, 4.69) is 0 Å². The van der Waals surface area contributed by atoms with Gasteiger partial charge in [0, 0.05) is 39.3 Å². The van der Waals surface area contributed by atoms with Gasteiger partial charge in [-0.1, -0.05) is 43.2 Å². The van der Waals surface area contributed by atoms with E-state index in [-0.39, 0.29) is 12.5 Å². The molecular formula is C22H29N3O4S. The number of nitrogens with zero attached hydrogens (tertiary/aromatic N) is 3. The van der Waals surface area contributed by atoms with E-state index in [1.165, 1.54) is 4.31 Å². The lowest BCUT2D eigenvalue weighted by Crippen LogP contribution is -2.55. The van der Waals surface area contributed by atoms with Crippen LogP contribution in [0, 0.1) is 0 Å². The van der Waals surface area contributed by atoms with Crippen LogP contribution in [0.2, 0.25) is 0 Å². The van der Waals surface area contributed by atoms with Gasteiger partial charge in [-0.15, -0.1) is 0 Å². The molecule has 1 amide bonds. The number of benzene rings is 2. The molecule has 30 heavy (non-hydrogen) atoms. The van der Waals surface area contributed by atoms with Crippen molar-refractivity contribution in [1.82, 2.24) is 13.5 Å². The van der Waals surface area contributed by atoms with E-state index in [0.717, 1.165) is 36.5 Å². The number of carbonyl (C=O) groups is 1. The molecule has 2 aromatic rings. The number of ether oxygens (including phenoxy) is 1. The maximum atomic E-state index is 12.9. The van der Waals surface area contributed by atoms with Crippen molar-refractivity contribution in [2.24, 2.45) is 0 Å². The van der Waals surface area contributed by atoms with E-state index in [1.54, 1.807) is 9.21 Å². The van der Waals surface area contributed by atoms with E-state index in [9.17, 15) is 13.2 Å². The summed E-state index contributed by atoms with van der Waals surface area (Å²) in [6, 6.07) is 13.8. The van der Waals surface area contributed by atoms with E-state index >= 15 is 0 Å². The van der Waals surface area contributed by atoms with Crippen molar-refractivity contribution in [2.45, 2.75) is 25.7 Å². The van der Waals surface area contributed by atoms with Crippen LogP contribution in [0.25, 0.3) is 10.8 Å². The van der Waals surface area contributed by atoms with Crippen LogP contribution in [0.3, 0.4) is 0 Å². The number of amides is 1. The van der Waals surface area contributed by atoms with Gasteiger partial charge in [-0.05, 0) is 35.7 Å². The van der Waals surface area contributed by atoms with Crippen LogP contribution in [0.4, 0.5) is 0 Å². The molecule has 0 unspecified atom stereocenters. The Kier molecular flexibility index (Phi) is 6.55. The highest BCUT2D eigenvalue weighted by Crippen LogP contribution is 2.21. The van der Waals surface area contributed by atoms with E-state index < -0.39 is 10.2 Å². The third-order valence-electron chi connectivity index (χ3n) is 5.89. The summed E-state index contributed by atoms with van der Waals surface area (Å²) in [6.07, 6.45) is 4.02. The van der Waals surface area contributed by atoms with Crippen molar-refractivity contribution in [3.05, 3.63) is 42.5 Å². The van der Waals surface area contributed by atoms with Crippen molar-refractivity contribution in [1.29, 1.82) is 0 Å². The van der Waals surface area contributed by atoms with E-state index in [1.807, 2.05) is 42.5 Å². The van der Waals surface area contributed by atoms with Crippen LogP contribution < -0.4 is 4.74 Å². The highest BCUT2D eigenvalue weighted by atomic mass is 32.2. The number of piperazine rings is 1. The fourth-order valence-corrected chi connectivity index (χ4v) is 5.77. The Morgan fingerprint density at radius 3 is 2.13 bits per heavy atom. The van der Waals surface area contributed by atoms with Gasteiger partial charge in [0.05, 0.1) is 0 Å². The molecule has 2 aromatic carbocycles. The average molecular weight is 432 g/mol. The second kappa shape index (κ2) is 9.32. The van der Waals surface area contributed by atoms with Crippen LogP contribution >= 0.6 is 0 Å². The minimum absolute atomic E-state index is 0.0444. The number of carbonyl (C=O) groups excluding carboxylic acids is 1. The van der Waals surface area contributed by atoms with Gasteiger partial charge in [0.2, 0.25) is 0 Å². The number of hydrogen-bond acceptors (Lipinski definition) is 4. The van der Waals surface area contributed by atoms with Crippen molar-refractivity contribution >= 4 is 26.9 Å². The Labute approximate surface area is 178 Å². The summed E-state index contributed by atoms with van der Waals surface area (Å²) in [4.78, 5) is 14.3. The lowest BCUT2D eigenvalue weighted by Gasteiger charge is -2.36. The van der Waals surface area contributed by atoms with Gasteiger partial charge in [0.15, 0.2) is 6.61 Å². The molecule has 2 fully saturated rings. The molecule has 0 spiro atoms. The summed E-state index contributed by atoms with van der Waals surface area (Å²) >= 11 is 0. The molecule has 4 rings (SSSR count). The van der Waals surface area contributed by atoms with Gasteiger partial charge < -0.3 is 9.64 Å². The van der Waals surface area contributed by atoms with Gasteiger partial charge in [-0.3, -0.25) is 4.79 Å². The fourth-order valence-electron chi connectivity index (χ4n) is 4.10. The molecular weight excluding hydrogens is 402 g/mol. The maximum absolute atomic E-state index is 12.9. The lowest BCUT2D eigenvalue weighted by atomic mass is 10.1. The average Bonchev–Trinajstić information content (AvgIpc) is 3.08. The molecule has 162 valence electrons. The van der Waals surface area contributed by atoms with Gasteiger partial charge in [0.1, 0.15) is 5.75 Å². The molecule has 2 heterocycles. The lowest BCUT2D eigenvalue weighted by molar-refractivity contribution is -0.134. The van der Waals surface area contributed by atoms with Gasteiger partial charge in [0.25, 0.3) is 16.1 Å². The monoisotopic (exact) mass is 431 g/mol. The Balaban J connectivity index is 1.29. The van der Waals surface area contributed by atoms with E-state index in [0.29, 0.717) is 45.0 Å². The standard InChI is InChI=1S/C22H29N3O4S/c26-22(18-29-21-10-9-19-7-3-4-8-20(19)17-21)23-13-15-25(16-14-23)30(27,28)24-11-5-1-2-6-12-24/h3-4,7-10,17H,1-2,5-6,11-16,18H2. The van der Waals surface area contributed by atoms with Crippen LogP contribution in [-0.2, 0) is 15.0 Å². The smallest absolute Gasteiger partial charge is 0.282 e. The molecule has 2 aliphatic heterocycles. The molecule has 0 atom stereocenters. The van der Waals surface area contributed by atoms with Crippen LogP contribution in [0.1, 0.15) is 25.7 Å². The molecule has 2 aliphatic rings. The third kappa shape index (κ3) is 4.77. The first-order chi connectivity index (χ1) is 14.5. The quantitative estimate of drug-likeness (QED) is 0.729. The maximum Gasteiger partial charge on any atom is 0.282 e. The molecule has 8 heteroatoms. The van der Waals surface area contributed by atoms with Gasteiger partial charge in [-0.25, -0.2) is 0 Å². The predicted molar refractivity (Wildman–Crippen MR) is 117 cm³/mol. The zero-order chi connectivity index (χ0) is 21.0. The minimum Gasteiger partial charge on any atom is -0.484 e. The normalized spacial score (nSPS) is 19.5. The number of hydrogen-bond donors (Lipinski definition) is 0. The molecule has 0 aromatic heterocycles. The molecule has 0 aliphatic carbocycles. The molecule has 0 N–H and O–H groups in total. The van der Waals surface area contributed by atoms with Crippen LogP contribution in [0.15, 0.2) is 42.5 Å². The van der Waals surface area contributed by atoms with Crippen LogP contribution in [0.5, 0.6) is 5.75 Å². The van der Waals surface area contributed by atoms with Gasteiger partial charge >= 0.3 is 0 Å². The van der Waals surface area contributed by atoms with Crippen LogP contribution in [-0.4, -0.2) is 73.7 Å². The first kappa shape index (κ1) is 21.1. The predicted octanol–water partition coefficient (Wildman–Crippen LogP) is 2.48. The summed E-state index contributed by atoms with van der Waals surface area (Å²) < 4.78 is 34.7.